The van der Waals surface area contributed by atoms with Gasteiger partial charge in [0.1, 0.15) is 11.6 Å². The van der Waals surface area contributed by atoms with Gasteiger partial charge in [-0.05, 0) is 18.2 Å². The van der Waals surface area contributed by atoms with Crippen molar-refractivity contribution in [2.45, 2.75) is 4.90 Å². The molecule has 6 nitrogen and oxygen atoms in total. The zero-order valence-electron chi connectivity index (χ0n) is 10.1. The summed E-state index contributed by atoms with van der Waals surface area (Å²) in [6, 6.07) is 2.28. The highest BCUT2D eigenvalue weighted by atomic mass is 32.2. The normalized spacial score (nSPS) is 10.6. The molecule has 0 heterocycles. The number of halogens is 1. The first-order chi connectivity index (χ1) is 9.27. The number of nitrogens with one attached hydrogen (secondary N) is 1. The number of hydrogen-bond acceptors (Lipinski definition) is 4. The molecule has 8 heteroatoms. The Morgan fingerprint density at radius 3 is 2.60 bits per heavy atom. The topological polar surface area (TPSA) is 101 Å². The summed E-state index contributed by atoms with van der Waals surface area (Å²) in [5.41, 5.74) is -0.782. The first kappa shape index (κ1) is 15.7. The highest BCUT2D eigenvalue weighted by Gasteiger charge is 2.22. The van der Waals surface area contributed by atoms with Crippen LogP contribution in [0.3, 0.4) is 0 Å². The van der Waals surface area contributed by atoms with Crippen molar-refractivity contribution >= 4 is 21.7 Å². The van der Waals surface area contributed by atoms with E-state index in [1.54, 1.807) is 0 Å². The lowest BCUT2D eigenvalue weighted by Crippen LogP contribution is -2.30. The van der Waals surface area contributed by atoms with E-state index in [4.69, 9.17) is 11.5 Å². The first-order valence-electron chi connectivity index (χ1n) is 5.23. The summed E-state index contributed by atoms with van der Waals surface area (Å²) in [6.07, 6.45) is 4.90. The van der Waals surface area contributed by atoms with Gasteiger partial charge in [0.2, 0.25) is 5.91 Å². The highest BCUT2D eigenvalue weighted by molar-refractivity contribution is 7.92. The van der Waals surface area contributed by atoms with Crippen molar-refractivity contribution in [3.63, 3.8) is 0 Å². The molecule has 1 aromatic carbocycles. The molecule has 0 saturated heterocycles. The van der Waals surface area contributed by atoms with E-state index in [1.165, 1.54) is 0 Å². The molecule has 0 aliphatic heterocycles. The minimum atomic E-state index is -4.07. The van der Waals surface area contributed by atoms with Crippen molar-refractivity contribution in [1.29, 1.82) is 0 Å². The Morgan fingerprint density at radius 2 is 2.05 bits per heavy atom. The molecule has 0 spiro atoms. The van der Waals surface area contributed by atoms with Crippen molar-refractivity contribution < 1.29 is 27.5 Å². The minimum absolute atomic E-state index is 0.127. The second-order valence-electron chi connectivity index (χ2n) is 3.69. The van der Waals surface area contributed by atoms with E-state index < -0.39 is 43.7 Å². The van der Waals surface area contributed by atoms with E-state index in [0.717, 1.165) is 12.1 Å². The number of carbonyl (C=O) groups is 2. The fourth-order valence-electron chi connectivity index (χ4n) is 1.32. The molecule has 0 aliphatic rings. The van der Waals surface area contributed by atoms with E-state index in [-0.39, 0.29) is 6.54 Å². The quantitative estimate of drug-likeness (QED) is 0.591. The van der Waals surface area contributed by atoms with Crippen molar-refractivity contribution in [3.05, 3.63) is 29.6 Å². The molecule has 0 aliphatic carbocycles. The van der Waals surface area contributed by atoms with E-state index in [9.17, 15) is 22.4 Å². The van der Waals surface area contributed by atoms with Crippen LogP contribution in [0.15, 0.2) is 23.1 Å². The summed E-state index contributed by atoms with van der Waals surface area (Å²) < 4.78 is 36.9. The molecule has 20 heavy (non-hydrogen) atoms. The lowest BCUT2D eigenvalue weighted by Gasteiger charge is -2.06. The van der Waals surface area contributed by atoms with Gasteiger partial charge < -0.3 is 10.4 Å². The minimum Gasteiger partial charge on any atom is -0.478 e. The molecule has 2 N–H and O–H groups in total. The third kappa shape index (κ3) is 3.80. The molecule has 1 amide bonds. The van der Waals surface area contributed by atoms with Crippen LogP contribution >= 0.6 is 0 Å². The molecule has 1 rings (SSSR count). The molecule has 0 aromatic heterocycles. The predicted molar refractivity (Wildman–Crippen MR) is 67.3 cm³/mol. The zero-order chi connectivity index (χ0) is 15.3. The monoisotopic (exact) mass is 299 g/mol. The molecule has 0 radical (unpaired) electrons. The Bertz CT molecular complexity index is 690. The SMILES string of the molecule is C#CCNC(=O)CS(=O)(=O)c1ccc(F)c(C(=O)O)c1. The number of hydrogen-bond donors (Lipinski definition) is 2. The van der Waals surface area contributed by atoms with Gasteiger partial charge >= 0.3 is 5.97 Å². The standard InChI is InChI=1S/C12H10FNO5S/c1-2-5-14-11(15)7-20(18,19)8-3-4-10(13)9(6-8)12(16)17/h1,3-4,6H,5,7H2,(H,14,15)(H,16,17). The van der Waals surface area contributed by atoms with Crippen LogP contribution in [0.25, 0.3) is 0 Å². The summed E-state index contributed by atoms with van der Waals surface area (Å²) in [7, 11) is -4.07. The number of sulfone groups is 1. The average molecular weight is 299 g/mol. The lowest BCUT2D eigenvalue weighted by atomic mass is 10.2. The molecular formula is C12H10FNO5S. The van der Waals surface area contributed by atoms with Crippen molar-refractivity contribution in [3.8, 4) is 12.3 Å². The van der Waals surface area contributed by atoms with Crippen LogP contribution in [0.5, 0.6) is 0 Å². The number of amides is 1. The van der Waals surface area contributed by atoms with Crippen LogP contribution in [0.2, 0.25) is 0 Å². The Labute approximate surface area is 114 Å². The number of carboxylic acids is 1. The number of carbonyl (C=O) groups excluding carboxylic acids is 1. The summed E-state index contributed by atoms with van der Waals surface area (Å²) in [5.74, 6) is -2.29. The third-order valence-corrected chi connectivity index (χ3v) is 3.85. The number of benzene rings is 1. The first-order valence-corrected chi connectivity index (χ1v) is 6.89. The molecular weight excluding hydrogens is 289 g/mol. The Kier molecular flexibility index (Phi) is 4.83. The van der Waals surface area contributed by atoms with Crippen LogP contribution < -0.4 is 5.32 Å². The van der Waals surface area contributed by atoms with Gasteiger partial charge in [-0.25, -0.2) is 17.6 Å². The van der Waals surface area contributed by atoms with Crippen LogP contribution in [-0.2, 0) is 14.6 Å². The van der Waals surface area contributed by atoms with E-state index >= 15 is 0 Å². The fourth-order valence-corrected chi connectivity index (χ4v) is 2.50. The molecule has 1 aromatic rings. The van der Waals surface area contributed by atoms with Crippen molar-refractivity contribution in [2.75, 3.05) is 12.3 Å². The maximum atomic E-state index is 13.2. The van der Waals surface area contributed by atoms with Crippen LogP contribution in [0.4, 0.5) is 4.39 Å². The predicted octanol–water partition coefficient (Wildman–Crippen LogP) is 0.0470. The average Bonchev–Trinajstić information content (AvgIpc) is 2.35. The maximum Gasteiger partial charge on any atom is 0.338 e. The Morgan fingerprint density at radius 1 is 1.40 bits per heavy atom. The molecule has 0 saturated carbocycles. The van der Waals surface area contributed by atoms with Gasteiger partial charge in [-0.15, -0.1) is 6.42 Å². The highest BCUT2D eigenvalue weighted by Crippen LogP contribution is 2.16. The van der Waals surface area contributed by atoms with E-state index in [2.05, 4.69) is 11.2 Å². The van der Waals surface area contributed by atoms with Gasteiger partial charge in [0, 0.05) is 0 Å². The van der Waals surface area contributed by atoms with Crippen LogP contribution in [0, 0.1) is 18.2 Å². The van der Waals surface area contributed by atoms with E-state index in [1.807, 2.05) is 0 Å². The van der Waals surface area contributed by atoms with Crippen LogP contribution in [-0.4, -0.2) is 37.7 Å². The summed E-state index contributed by atoms with van der Waals surface area (Å²) >= 11 is 0. The van der Waals surface area contributed by atoms with Crippen LogP contribution in [0.1, 0.15) is 10.4 Å². The third-order valence-electron chi connectivity index (χ3n) is 2.24. The molecule has 0 bridgehead atoms. The molecule has 106 valence electrons. The Hall–Kier alpha value is -2.40. The second-order valence-corrected chi connectivity index (χ2v) is 5.68. The van der Waals surface area contributed by atoms with Crippen molar-refractivity contribution in [2.24, 2.45) is 0 Å². The number of terminal acetylenes is 1. The smallest absolute Gasteiger partial charge is 0.338 e. The lowest BCUT2D eigenvalue weighted by molar-refractivity contribution is -0.118. The zero-order valence-corrected chi connectivity index (χ0v) is 10.9. The largest absolute Gasteiger partial charge is 0.478 e. The van der Waals surface area contributed by atoms with Gasteiger partial charge in [-0.1, -0.05) is 5.92 Å². The summed E-state index contributed by atoms with van der Waals surface area (Å²) in [4.78, 5) is 21.6. The fraction of sp³-hybridized carbons (Fsp3) is 0.167. The van der Waals surface area contributed by atoms with E-state index in [0.29, 0.717) is 6.07 Å². The number of carboxylic acid groups (broad SMARTS) is 1. The molecule has 0 unspecified atom stereocenters. The maximum absolute atomic E-state index is 13.2. The summed E-state index contributed by atoms with van der Waals surface area (Å²) in [5, 5.41) is 10.9. The van der Waals surface area contributed by atoms with Gasteiger partial charge in [0.15, 0.2) is 9.84 Å². The molecule has 0 atom stereocenters. The van der Waals surface area contributed by atoms with Gasteiger partial charge in [-0.2, -0.15) is 0 Å². The Balaban J connectivity index is 3.05. The molecule has 0 fully saturated rings. The van der Waals surface area contributed by atoms with Gasteiger partial charge in [-0.3, -0.25) is 4.79 Å². The second kappa shape index (κ2) is 6.16. The number of aromatic carboxylic acids is 1. The van der Waals surface area contributed by atoms with Gasteiger partial charge in [0.25, 0.3) is 0 Å². The van der Waals surface area contributed by atoms with Crippen molar-refractivity contribution in [1.82, 2.24) is 5.32 Å². The summed E-state index contributed by atoms with van der Waals surface area (Å²) in [6.45, 7) is -0.127. The van der Waals surface area contributed by atoms with Gasteiger partial charge in [0.05, 0.1) is 17.0 Å². The number of rotatable bonds is 5.